The van der Waals surface area contributed by atoms with E-state index >= 15 is 0 Å². The van der Waals surface area contributed by atoms with E-state index in [1.807, 2.05) is 19.9 Å². The molecular weight excluding hydrogens is 398 g/mol. The fourth-order valence-electron chi connectivity index (χ4n) is 3.04. The van der Waals surface area contributed by atoms with E-state index in [4.69, 9.17) is 4.74 Å². The van der Waals surface area contributed by atoms with Crippen molar-refractivity contribution < 1.29 is 24.2 Å². The van der Waals surface area contributed by atoms with E-state index in [2.05, 4.69) is 10.6 Å². The summed E-state index contributed by atoms with van der Waals surface area (Å²) < 4.78 is 5.21. The monoisotopic (exact) mass is 435 g/mol. The second-order valence-electron chi connectivity index (χ2n) is 8.37. The summed E-state index contributed by atoms with van der Waals surface area (Å²) in [7, 11) is 0. The number of rotatable bonds is 11. The van der Waals surface area contributed by atoms with Crippen molar-refractivity contribution in [3.8, 4) is 0 Å². The van der Waals surface area contributed by atoms with Crippen LogP contribution in [0.2, 0.25) is 0 Å². The van der Waals surface area contributed by atoms with Gasteiger partial charge in [-0.2, -0.15) is 0 Å². The van der Waals surface area contributed by atoms with Crippen LogP contribution in [-0.2, 0) is 14.3 Å². The fourth-order valence-corrected chi connectivity index (χ4v) is 3.04. The summed E-state index contributed by atoms with van der Waals surface area (Å²) in [5.41, 5.74) is -0.0885. The lowest BCUT2D eigenvalue weighted by atomic mass is 10.0. The smallest absolute Gasteiger partial charge is 0.408 e. The maximum absolute atomic E-state index is 13.3. The molecule has 3 N–H and O–H groups in total. The van der Waals surface area contributed by atoms with Gasteiger partial charge in [-0.05, 0) is 39.2 Å². The van der Waals surface area contributed by atoms with E-state index in [1.165, 1.54) is 4.90 Å². The van der Waals surface area contributed by atoms with Crippen molar-refractivity contribution in [2.24, 2.45) is 0 Å². The van der Waals surface area contributed by atoms with Crippen molar-refractivity contribution in [2.75, 3.05) is 19.7 Å². The predicted octanol–water partition coefficient (Wildman–Crippen LogP) is 2.77. The van der Waals surface area contributed by atoms with Crippen LogP contribution < -0.4 is 10.6 Å². The van der Waals surface area contributed by atoms with Crippen molar-refractivity contribution in [3.63, 3.8) is 0 Å². The molecule has 0 fully saturated rings. The van der Waals surface area contributed by atoms with Crippen LogP contribution in [0.4, 0.5) is 4.79 Å². The van der Waals surface area contributed by atoms with Crippen LogP contribution >= 0.6 is 0 Å². The number of hydrogen-bond donors (Lipinski definition) is 3. The lowest BCUT2D eigenvalue weighted by Gasteiger charge is -2.34. The first-order chi connectivity index (χ1) is 14.6. The number of nitrogens with zero attached hydrogens (tertiary/aromatic N) is 1. The average molecular weight is 436 g/mol. The van der Waals surface area contributed by atoms with Gasteiger partial charge < -0.3 is 25.4 Å². The summed E-state index contributed by atoms with van der Waals surface area (Å²) in [6, 6.07) is 6.92. The van der Waals surface area contributed by atoms with Gasteiger partial charge in [-0.3, -0.25) is 9.59 Å². The molecule has 0 aromatic heterocycles. The number of benzene rings is 1. The Labute approximate surface area is 185 Å². The van der Waals surface area contributed by atoms with Gasteiger partial charge in [0.2, 0.25) is 11.8 Å². The maximum Gasteiger partial charge on any atom is 0.408 e. The van der Waals surface area contributed by atoms with Crippen LogP contribution in [0.1, 0.15) is 65.5 Å². The molecule has 0 aliphatic heterocycles. The minimum atomic E-state index is -1.23. The zero-order chi connectivity index (χ0) is 23.4. The minimum absolute atomic E-state index is 0.284. The number of hydrogen-bond acceptors (Lipinski definition) is 5. The molecule has 1 aromatic carbocycles. The van der Waals surface area contributed by atoms with Crippen LogP contribution in [0.15, 0.2) is 30.3 Å². The quantitative estimate of drug-likeness (QED) is 0.463. The second kappa shape index (κ2) is 12.9. The number of amides is 3. The molecule has 1 aromatic rings. The molecule has 0 saturated heterocycles. The Hall–Kier alpha value is -2.61. The van der Waals surface area contributed by atoms with Gasteiger partial charge >= 0.3 is 6.09 Å². The van der Waals surface area contributed by atoms with E-state index in [1.54, 1.807) is 45.0 Å². The summed E-state index contributed by atoms with van der Waals surface area (Å²) in [5.74, 6) is -0.842. The summed E-state index contributed by atoms with van der Waals surface area (Å²) in [4.78, 5) is 40.0. The average Bonchev–Trinajstić information content (AvgIpc) is 2.71. The van der Waals surface area contributed by atoms with Gasteiger partial charge in [0.05, 0.1) is 6.61 Å². The molecule has 0 aliphatic rings. The number of nitrogens with one attached hydrogen (secondary N) is 2. The minimum Gasteiger partial charge on any atom is -0.444 e. The molecule has 0 spiro atoms. The lowest BCUT2D eigenvalue weighted by Crippen LogP contribution is -2.54. The van der Waals surface area contributed by atoms with Gasteiger partial charge in [0.25, 0.3) is 0 Å². The van der Waals surface area contributed by atoms with E-state index in [9.17, 15) is 19.5 Å². The van der Waals surface area contributed by atoms with Crippen molar-refractivity contribution in [2.45, 2.75) is 71.6 Å². The van der Waals surface area contributed by atoms with Crippen molar-refractivity contribution in [1.29, 1.82) is 0 Å². The molecule has 0 aliphatic carbocycles. The molecule has 3 amide bonds. The van der Waals surface area contributed by atoms with Crippen LogP contribution in [-0.4, -0.2) is 59.3 Å². The van der Waals surface area contributed by atoms with E-state index in [0.717, 1.165) is 12.8 Å². The molecule has 8 nitrogen and oxygen atoms in total. The first-order valence-electron chi connectivity index (χ1n) is 10.9. The normalized spacial score (nSPS) is 13.1. The summed E-state index contributed by atoms with van der Waals surface area (Å²) in [6.45, 7) is 9.22. The van der Waals surface area contributed by atoms with E-state index in [0.29, 0.717) is 18.5 Å². The first-order valence-corrected chi connectivity index (χ1v) is 10.9. The van der Waals surface area contributed by atoms with Crippen molar-refractivity contribution in [1.82, 2.24) is 15.5 Å². The highest BCUT2D eigenvalue weighted by molar-refractivity contribution is 5.92. The third kappa shape index (κ3) is 8.96. The highest BCUT2D eigenvalue weighted by Crippen LogP contribution is 2.23. The van der Waals surface area contributed by atoms with Crippen molar-refractivity contribution in [3.05, 3.63) is 35.9 Å². The van der Waals surface area contributed by atoms with Gasteiger partial charge in [0.15, 0.2) is 0 Å². The SMILES string of the molecule is CCCCNC(=O)C(c1ccccc1)N(CCC)C(=O)C(CO)NC(=O)OC(C)(C)C. The molecule has 174 valence electrons. The van der Waals surface area contributed by atoms with Crippen LogP contribution in [0, 0.1) is 0 Å². The topological polar surface area (TPSA) is 108 Å². The Morgan fingerprint density at radius 2 is 1.74 bits per heavy atom. The Morgan fingerprint density at radius 1 is 1.10 bits per heavy atom. The zero-order valence-electron chi connectivity index (χ0n) is 19.3. The number of carbonyl (C=O) groups is 3. The summed E-state index contributed by atoms with van der Waals surface area (Å²) >= 11 is 0. The van der Waals surface area contributed by atoms with E-state index in [-0.39, 0.29) is 12.5 Å². The van der Waals surface area contributed by atoms with Crippen LogP contribution in [0.25, 0.3) is 0 Å². The molecule has 0 heterocycles. The Kier molecular flexibility index (Phi) is 11.0. The van der Waals surface area contributed by atoms with Gasteiger partial charge in [0.1, 0.15) is 17.7 Å². The molecule has 0 bridgehead atoms. The summed E-state index contributed by atoms with van der Waals surface area (Å²) in [5, 5.41) is 15.1. The molecule has 0 saturated carbocycles. The van der Waals surface area contributed by atoms with Crippen molar-refractivity contribution >= 4 is 17.9 Å². The largest absolute Gasteiger partial charge is 0.444 e. The van der Waals surface area contributed by atoms with Crippen LogP contribution in [0.5, 0.6) is 0 Å². The van der Waals surface area contributed by atoms with Gasteiger partial charge in [-0.25, -0.2) is 4.79 Å². The molecule has 1 rings (SSSR count). The number of ether oxygens (including phenoxy) is 1. The summed E-state index contributed by atoms with van der Waals surface area (Å²) in [6.07, 6.45) is 1.55. The van der Waals surface area contributed by atoms with Gasteiger partial charge in [-0.15, -0.1) is 0 Å². The predicted molar refractivity (Wildman–Crippen MR) is 119 cm³/mol. The zero-order valence-corrected chi connectivity index (χ0v) is 19.3. The number of aliphatic hydroxyl groups is 1. The van der Waals surface area contributed by atoms with Gasteiger partial charge in [-0.1, -0.05) is 50.6 Å². The van der Waals surface area contributed by atoms with Gasteiger partial charge in [0, 0.05) is 13.1 Å². The highest BCUT2D eigenvalue weighted by atomic mass is 16.6. The molecule has 8 heteroatoms. The first kappa shape index (κ1) is 26.4. The van der Waals surface area contributed by atoms with E-state index < -0.39 is 36.3 Å². The third-order valence-corrected chi connectivity index (χ3v) is 4.42. The second-order valence-corrected chi connectivity index (χ2v) is 8.37. The maximum atomic E-state index is 13.3. The number of unbranched alkanes of at least 4 members (excludes halogenated alkanes) is 1. The molecule has 31 heavy (non-hydrogen) atoms. The lowest BCUT2D eigenvalue weighted by molar-refractivity contribution is -0.143. The van der Waals surface area contributed by atoms with Crippen LogP contribution in [0.3, 0.4) is 0 Å². The highest BCUT2D eigenvalue weighted by Gasteiger charge is 2.35. The standard InChI is InChI=1S/C23H37N3O5/c1-6-8-14-24-20(28)19(17-12-10-9-11-13-17)26(15-7-2)21(29)18(16-27)25-22(30)31-23(3,4)5/h9-13,18-19,27H,6-8,14-16H2,1-5H3,(H,24,28)(H,25,30). The molecule has 0 radical (unpaired) electrons. The number of alkyl carbamates (subject to hydrolysis) is 1. The Balaban J connectivity index is 3.18. The number of carbonyl (C=O) groups excluding carboxylic acids is 3. The Bertz CT molecular complexity index is 703. The third-order valence-electron chi connectivity index (χ3n) is 4.42. The number of aliphatic hydroxyl groups excluding tert-OH is 1. The fraction of sp³-hybridized carbons (Fsp3) is 0.609. The molecular formula is C23H37N3O5. The molecule has 2 unspecified atom stereocenters. The molecule has 2 atom stereocenters. The Morgan fingerprint density at radius 3 is 2.26 bits per heavy atom.